The molecule has 1 aromatic heterocycles. The van der Waals surface area contributed by atoms with Gasteiger partial charge in [0.2, 0.25) is 0 Å². The fraction of sp³-hybridized carbons (Fsp3) is 0.222. The number of aromatic nitrogens is 1. The van der Waals surface area contributed by atoms with Crippen LogP contribution in [0.2, 0.25) is 0 Å². The van der Waals surface area contributed by atoms with Crippen LogP contribution in [0.1, 0.15) is 6.92 Å². The average Bonchev–Trinajstić information content (AvgIpc) is 2.64. The van der Waals surface area contributed by atoms with E-state index in [4.69, 9.17) is 0 Å². The molecule has 0 aromatic carbocycles. The third kappa shape index (κ3) is 3.38. The molecule has 1 aromatic rings. The summed E-state index contributed by atoms with van der Waals surface area (Å²) in [5.74, 6) is 0. The molecule has 4 heteroatoms. The van der Waals surface area contributed by atoms with E-state index in [1.807, 2.05) is 39.7 Å². The normalized spacial score (nSPS) is 10.5. The fourth-order valence-electron chi connectivity index (χ4n) is 0.746. The molecule has 0 saturated carbocycles. The van der Waals surface area contributed by atoms with E-state index in [-0.39, 0.29) is 0 Å². The number of hydrogen-bond donors (Lipinski definition) is 0. The molecule has 0 saturated heterocycles. The molecule has 0 aliphatic carbocycles. The summed E-state index contributed by atoms with van der Waals surface area (Å²) in [6.45, 7) is 6.48. The maximum Gasteiger partial charge on any atom is 0.101 e. The molecule has 0 aliphatic heterocycles. The van der Waals surface area contributed by atoms with Crippen molar-refractivity contribution in [1.82, 2.24) is 8.28 Å². The first kappa shape index (κ1) is 9.92. The number of aliphatic imine (C=N–C) groups is 1. The number of rotatable bonds is 5. The molecule has 0 fully saturated rings. The molecule has 1 heterocycles. The topological polar surface area (TPSA) is 20.5 Å². The quantitative estimate of drug-likeness (QED) is 0.408. The highest BCUT2D eigenvalue weighted by atomic mass is 32.2. The SMILES string of the molecule is C=CN(C=NCC)Sn1cccc1. The Morgan fingerprint density at radius 1 is 1.54 bits per heavy atom. The van der Waals surface area contributed by atoms with Gasteiger partial charge in [-0.05, 0) is 19.1 Å². The molecule has 1 rings (SSSR count). The Kier molecular flexibility index (Phi) is 4.18. The Labute approximate surface area is 83.0 Å². The standard InChI is InChI=1S/C9H13N3S/c1-3-10-9-11(4-2)13-12-7-5-6-8-12/h4-9H,2-3H2,1H3. The monoisotopic (exact) mass is 195 g/mol. The maximum absolute atomic E-state index is 4.12. The van der Waals surface area contributed by atoms with Crippen LogP contribution in [0, 0.1) is 0 Å². The van der Waals surface area contributed by atoms with Crippen molar-refractivity contribution >= 4 is 18.5 Å². The first-order valence-corrected chi connectivity index (χ1v) is 4.82. The van der Waals surface area contributed by atoms with E-state index < -0.39 is 0 Å². The summed E-state index contributed by atoms with van der Waals surface area (Å²) in [4.78, 5) is 4.12. The molecule has 0 radical (unpaired) electrons. The van der Waals surface area contributed by atoms with Gasteiger partial charge in [0.15, 0.2) is 0 Å². The summed E-state index contributed by atoms with van der Waals surface area (Å²) < 4.78 is 3.83. The second-order valence-electron chi connectivity index (χ2n) is 2.28. The van der Waals surface area contributed by atoms with Gasteiger partial charge in [0.1, 0.15) is 6.34 Å². The van der Waals surface area contributed by atoms with Crippen molar-refractivity contribution in [3.05, 3.63) is 37.3 Å². The molecule has 0 N–H and O–H groups in total. The van der Waals surface area contributed by atoms with Gasteiger partial charge in [-0.2, -0.15) is 0 Å². The van der Waals surface area contributed by atoms with E-state index in [0.717, 1.165) is 6.54 Å². The summed E-state index contributed by atoms with van der Waals surface area (Å²) in [5.41, 5.74) is 0. The zero-order chi connectivity index (χ0) is 9.52. The first-order chi connectivity index (χ1) is 6.36. The van der Waals surface area contributed by atoms with Crippen LogP contribution in [-0.2, 0) is 0 Å². The van der Waals surface area contributed by atoms with Crippen LogP contribution >= 0.6 is 12.1 Å². The summed E-state index contributed by atoms with van der Waals surface area (Å²) in [6.07, 6.45) is 7.43. The van der Waals surface area contributed by atoms with Crippen LogP contribution in [0.15, 0.2) is 42.3 Å². The van der Waals surface area contributed by atoms with E-state index in [0.29, 0.717) is 0 Å². The molecule has 70 valence electrons. The highest BCUT2D eigenvalue weighted by molar-refractivity contribution is 7.96. The highest BCUT2D eigenvalue weighted by Crippen LogP contribution is 2.11. The van der Waals surface area contributed by atoms with Crippen LogP contribution in [-0.4, -0.2) is 21.2 Å². The van der Waals surface area contributed by atoms with Gasteiger partial charge in [-0.15, -0.1) is 0 Å². The van der Waals surface area contributed by atoms with Crippen molar-refractivity contribution in [2.45, 2.75) is 6.92 Å². The second-order valence-corrected chi connectivity index (χ2v) is 3.29. The minimum atomic E-state index is 0.788. The molecule has 13 heavy (non-hydrogen) atoms. The van der Waals surface area contributed by atoms with Crippen molar-refractivity contribution in [2.75, 3.05) is 6.54 Å². The van der Waals surface area contributed by atoms with E-state index in [1.54, 1.807) is 12.5 Å². The van der Waals surface area contributed by atoms with Gasteiger partial charge in [-0.3, -0.25) is 13.3 Å². The van der Waals surface area contributed by atoms with Crippen molar-refractivity contribution < 1.29 is 0 Å². The zero-order valence-electron chi connectivity index (χ0n) is 7.63. The van der Waals surface area contributed by atoms with Gasteiger partial charge < -0.3 is 0 Å². The van der Waals surface area contributed by atoms with Crippen LogP contribution in [0.3, 0.4) is 0 Å². The van der Waals surface area contributed by atoms with Gasteiger partial charge >= 0.3 is 0 Å². The van der Waals surface area contributed by atoms with E-state index >= 15 is 0 Å². The van der Waals surface area contributed by atoms with E-state index in [1.165, 1.54) is 12.1 Å². The number of nitrogens with zero attached hydrogens (tertiary/aromatic N) is 3. The van der Waals surface area contributed by atoms with Crippen molar-refractivity contribution in [3.63, 3.8) is 0 Å². The Morgan fingerprint density at radius 3 is 2.77 bits per heavy atom. The lowest BCUT2D eigenvalue weighted by molar-refractivity contribution is 0.928. The molecule has 0 unspecified atom stereocenters. The minimum absolute atomic E-state index is 0.788. The first-order valence-electron chi connectivity index (χ1n) is 4.09. The van der Waals surface area contributed by atoms with E-state index in [9.17, 15) is 0 Å². The van der Waals surface area contributed by atoms with Gasteiger partial charge in [-0.25, -0.2) is 0 Å². The molecule has 0 bridgehead atoms. The lowest BCUT2D eigenvalue weighted by Crippen LogP contribution is -2.06. The molecular weight excluding hydrogens is 182 g/mol. The smallest absolute Gasteiger partial charge is 0.101 e. The van der Waals surface area contributed by atoms with Crippen molar-refractivity contribution in [2.24, 2.45) is 4.99 Å². The third-order valence-electron chi connectivity index (χ3n) is 1.32. The van der Waals surface area contributed by atoms with Crippen LogP contribution < -0.4 is 0 Å². The highest BCUT2D eigenvalue weighted by Gasteiger charge is 1.95. The largest absolute Gasteiger partial charge is 0.281 e. The third-order valence-corrected chi connectivity index (χ3v) is 2.19. The molecule has 3 nitrogen and oxygen atoms in total. The minimum Gasteiger partial charge on any atom is -0.281 e. The van der Waals surface area contributed by atoms with E-state index in [2.05, 4.69) is 11.6 Å². The van der Waals surface area contributed by atoms with Gasteiger partial charge in [0, 0.05) is 25.1 Å². The summed E-state index contributed by atoms with van der Waals surface area (Å²) >= 11 is 1.52. The Bertz CT molecular complexity index is 266. The molecule has 0 amide bonds. The maximum atomic E-state index is 4.12. The fourth-order valence-corrected chi connectivity index (χ4v) is 1.39. The van der Waals surface area contributed by atoms with Crippen LogP contribution in [0.25, 0.3) is 0 Å². The molecule has 0 atom stereocenters. The van der Waals surface area contributed by atoms with Crippen molar-refractivity contribution in [1.29, 1.82) is 0 Å². The molecular formula is C9H13N3S. The lowest BCUT2D eigenvalue weighted by atomic mass is 10.7. The lowest BCUT2D eigenvalue weighted by Gasteiger charge is -2.11. The summed E-state index contributed by atoms with van der Waals surface area (Å²) in [7, 11) is 0. The average molecular weight is 195 g/mol. The Morgan fingerprint density at radius 2 is 2.23 bits per heavy atom. The molecule has 0 aliphatic rings. The molecule has 0 spiro atoms. The van der Waals surface area contributed by atoms with Gasteiger partial charge in [0.25, 0.3) is 0 Å². The summed E-state index contributed by atoms with van der Waals surface area (Å²) in [5, 5.41) is 0. The predicted octanol–water partition coefficient (Wildman–Crippen LogP) is 2.39. The van der Waals surface area contributed by atoms with Gasteiger partial charge in [-0.1, -0.05) is 6.58 Å². The van der Waals surface area contributed by atoms with Gasteiger partial charge in [0.05, 0.1) is 12.1 Å². The Hall–Kier alpha value is -1.16. The summed E-state index contributed by atoms with van der Waals surface area (Å²) in [6, 6.07) is 3.95. The Balaban J connectivity index is 2.49. The number of hydrogen-bond acceptors (Lipinski definition) is 2. The second kappa shape index (κ2) is 5.48. The zero-order valence-corrected chi connectivity index (χ0v) is 8.44. The predicted molar refractivity (Wildman–Crippen MR) is 58.5 cm³/mol. The van der Waals surface area contributed by atoms with Crippen LogP contribution in [0.4, 0.5) is 0 Å². The van der Waals surface area contributed by atoms with Crippen LogP contribution in [0.5, 0.6) is 0 Å². The van der Waals surface area contributed by atoms with Crippen molar-refractivity contribution in [3.8, 4) is 0 Å².